The number of rotatable bonds is 3. The molecule has 0 aliphatic heterocycles. The van der Waals surface area contributed by atoms with E-state index in [1.165, 1.54) is 11.3 Å². The minimum absolute atomic E-state index is 0.114. The van der Waals surface area contributed by atoms with Crippen molar-refractivity contribution in [1.82, 2.24) is 14.8 Å². The Kier molecular flexibility index (Phi) is 3.88. The van der Waals surface area contributed by atoms with E-state index in [1.54, 1.807) is 16.9 Å². The fourth-order valence-electron chi connectivity index (χ4n) is 2.22. The van der Waals surface area contributed by atoms with Crippen LogP contribution in [0.4, 0.5) is 5.13 Å². The summed E-state index contributed by atoms with van der Waals surface area (Å²) in [5.74, 6) is -0.223. The van der Waals surface area contributed by atoms with Crippen LogP contribution in [0.1, 0.15) is 35.9 Å². The number of halogens is 1. The molecule has 0 atom stereocenters. The Labute approximate surface area is 136 Å². The molecule has 5 nitrogen and oxygen atoms in total. The summed E-state index contributed by atoms with van der Waals surface area (Å²) < 4.78 is 2.57. The lowest BCUT2D eigenvalue weighted by atomic mass is 10.2. The van der Waals surface area contributed by atoms with E-state index in [1.807, 2.05) is 32.9 Å². The summed E-state index contributed by atoms with van der Waals surface area (Å²) in [6.45, 7) is 5.92. The van der Waals surface area contributed by atoms with Gasteiger partial charge in [-0.25, -0.2) is 4.98 Å². The molecule has 0 radical (unpaired) electrons. The van der Waals surface area contributed by atoms with Crippen molar-refractivity contribution < 1.29 is 4.79 Å². The number of hydrogen-bond donors (Lipinski definition) is 1. The van der Waals surface area contributed by atoms with E-state index in [4.69, 9.17) is 11.6 Å². The molecule has 0 unspecified atom stereocenters. The minimum Gasteiger partial charge on any atom is -0.296 e. The summed E-state index contributed by atoms with van der Waals surface area (Å²) >= 11 is 7.56. The van der Waals surface area contributed by atoms with E-state index in [0.717, 1.165) is 15.8 Å². The van der Waals surface area contributed by atoms with Gasteiger partial charge in [0.2, 0.25) is 0 Å². The Morgan fingerprint density at radius 2 is 2.14 bits per heavy atom. The summed E-state index contributed by atoms with van der Waals surface area (Å²) in [4.78, 5) is 16.9. The van der Waals surface area contributed by atoms with Gasteiger partial charge < -0.3 is 0 Å². The topological polar surface area (TPSA) is 59.8 Å². The largest absolute Gasteiger partial charge is 0.296 e. The van der Waals surface area contributed by atoms with Gasteiger partial charge in [0.05, 0.1) is 15.2 Å². The van der Waals surface area contributed by atoms with Crippen molar-refractivity contribution in [3.63, 3.8) is 0 Å². The van der Waals surface area contributed by atoms with Crippen molar-refractivity contribution in [2.75, 3.05) is 5.32 Å². The molecule has 0 aliphatic rings. The maximum absolute atomic E-state index is 12.4. The number of aryl methyl sites for hydroxylation is 1. The molecule has 0 bridgehead atoms. The molecule has 2 aromatic heterocycles. The molecule has 0 saturated heterocycles. The van der Waals surface area contributed by atoms with Crippen molar-refractivity contribution in [2.45, 2.75) is 26.8 Å². The zero-order chi connectivity index (χ0) is 15.9. The van der Waals surface area contributed by atoms with Crippen LogP contribution in [0.15, 0.2) is 24.4 Å². The lowest BCUT2D eigenvalue weighted by molar-refractivity contribution is 0.101. The second-order valence-corrected chi connectivity index (χ2v) is 6.68. The fraction of sp³-hybridized carbons (Fsp3) is 0.267. The molecule has 7 heteroatoms. The average Bonchev–Trinajstić information content (AvgIpc) is 3.09. The molecule has 2 heterocycles. The molecule has 1 amide bonds. The van der Waals surface area contributed by atoms with Gasteiger partial charge in [-0.3, -0.25) is 14.8 Å². The number of thiazole rings is 1. The van der Waals surface area contributed by atoms with Gasteiger partial charge in [0.25, 0.3) is 5.91 Å². The maximum atomic E-state index is 12.4. The van der Waals surface area contributed by atoms with Crippen molar-refractivity contribution in [3.05, 3.63) is 40.7 Å². The number of anilines is 1. The second kappa shape index (κ2) is 5.70. The van der Waals surface area contributed by atoms with Crippen molar-refractivity contribution in [2.24, 2.45) is 0 Å². The first kappa shape index (κ1) is 15.0. The summed E-state index contributed by atoms with van der Waals surface area (Å²) in [6, 6.07) is 5.57. The molecule has 3 rings (SSSR count). The molecule has 0 spiro atoms. The highest BCUT2D eigenvalue weighted by atomic mass is 35.5. The number of hydrogen-bond acceptors (Lipinski definition) is 4. The van der Waals surface area contributed by atoms with Gasteiger partial charge >= 0.3 is 0 Å². The van der Waals surface area contributed by atoms with Gasteiger partial charge in [-0.05, 0) is 38.5 Å². The predicted molar refractivity (Wildman–Crippen MR) is 89.9 cm³/mol. The third-order valence-electron chi connectivity index (χ3n) is 3.31. The van der Waals surface area contributed by atoms with E-state index >= 15 is 0 Å². The van der Waals surface area contributed by atoms with E-state index in [-0.39, 0.29) is 11.9 Å². The highest BCUT2D eigenvalue weighted by Gasteiger charge is 2.17. The summed E-state index contributed by atoms with van der Waals surface area (Å²) in [5, 5.41) is 8.18. The van der Waals surface area contributed by atoms with Crippen LogP contribution in [0.25, 0.3) is 10.2 Å². The summed E-state index contributed by atoms with van der Waals surface area (Å²) in [7, 11) is 0. The third-order valence-corrected chi connectivity index (χ3v) is 4.74. The number of carbonyl (C=O) groups excluding carboxylic acids is 1. The number of fused-ring (bicyclic) bond motifs is 1. The normalized spacial score (nSPS) is 11.3. The first-order valence-electron chi connectivity index (χ1n) is 6.88. The molecule has 114 valence electrons. The van der Waals surface area contributed by atoms with Gasteiger partial charge in [0, 0.05) is 12.2 Å². The third kappa shape index (κ3) is 2.60. The Hall–Kier alpha value is -1.92. The van der Waals surface area contributed by atoms with E-state index in [2.05, 4.69) is 15.4 Å². The molecule has 1 N–H and O–H groups in total. The second-order valence-electron chi connectivity index (χ2n) is 5.27. The lowest BCUT2D eigenvalue weighted by Crippen LogP contribution is -2.18. The van der Waals surface area contributed by atoms with Gasteiger partial charge in [-0.15, -0.1) is 0 Å². The lowest BCUT2D eigenvalue weighted by Gasteiger charge is -2.09. The fourth-order valence-corrected chi connectivity index (χ4v) is 3.43. The van der Waals surface area contributed by atoms with Crippen LogP contribution >= 0.6 is 22.9 Å². The van der Waals surface area contributed by atoms with Crippen LogP contribution in [0.5, 0.6) is 0 Å². The zero-order valence-electron chi connectivity index (χ0n) is 12.4. The Morgan fingerprint density at radius 3 is 2.82 bits per heavy atom. The Morgan fingerprint density at radius 1 is 1.36 bits per heavy atom. The SMILES string of the molecule is Cc1ccc(Cl)c2sc(NC(=O)c3ccnn3C(C)C)nc12. The number of nitrogens with one attached hydrogen (secondary N) is 1. The molecule has 1 aromatic carbocycles. The zero-order valence-corrected chi connectivity index (χ0v) is 14.0. The Bertz CT molecular complexity index is 813. The number of aromatic nitrogens is 3. The van der Waals surface area contributed by atoms with Gasteiger partial charge in [-0.2, -0.15) is 5.10 Å². The van der Waals surface area contributed by atoms with Crippen LogP contribution in [0.3, 0.4) is 0 Å². The molecule has 0 aliphatic carbocycles. The van der Waals surface area contributed by atoms with Crippen molar-refractivity contribution in [1.29, 1.82) is 0 Å². The van der Waals surface area contributed by atoms with Crippen LogP contribution in [-0.4, -0.2) is 20.7 Å². The summed E-state index contributed by atoms with van der Waals surface area (Å²) in [6.07, 6.45) is 1.62. The summed E-state index contributed by atoms with van der Waals surface area (Å²) in [5.41, 5.74) is 2.37. The first-order chi connectivity index (χ1) is 10.5. The number of nitrogens with zero attached hydrogens (tertiary/aromatic N) is 3. The van der Waals surface area contributed by atoms with Crippen molar-refractivity contribution >= 4 is 44.2 Å². The minimum atomic E-state index is -0.223. The molecular formula is C15H15ClN4OS. The predicted octanol–water partition coefficient (Wildman–Crippen LogP) is 4.29. The van der Waals surface area contributed by atoms with E-state index < -0.39 is 0 Å². The number of benzene rings is 1. The maximum Gasteiger partial charge on any atom is 0.275 e. The molecule has 3 aromatic rings. The highest BCUT2D eigenvalue weighted by molar-refractivity contribution is 7.23. The molecular weight excluding hydrogens is 320 g/mol. The molecule has 22 heavy (non-hydrogen) atoms. The first-order valence-corrected chi connectivity index (χ1v) is 8.07. The van der Waals surface area contributed by atoms with E-state index in [0.29, 0.717) is 15.8 Å². The van der Waals surface area contributed by atoms with Gasteiger partial charge in [0.15, 0.2) is 5.13 Å². The van der Waals surface area contributed by atoms with Crippen LogP contribution in [-0.2, 0) is 0 Å². The number of carbonyl (C=O) groups is 1. The van der Waals surface area contributed by atoms with Crippen molar-refractivity contribution in [3.8, 4) is 0 Å². The van der Waals surface area contributed by atoms with E-state index in [9.17, 15) is 4.79 Å². The highest BCUT2D eigenvalue weighted by Crippen LogP contribution is 2.34. The monoisotopic (exact) mass is 334 g/mol. The van der Waals surface area contributed by atoms with Gasteiger partial charge in [0.1, 0.15) is 5.69 Å². The average molecular weight is 335 g/mol. The Balaban J connectivity index is 1.93. The van der Waals surface area contributed by atoms with Crippen LogP contribution < -0.4 is 5.32 Å². The standard InChI is InChI=1S/C15H15ClN4OS/c1-8(2)20-11(6-7-17-20)14(21)19-15-18-12-9(3)4-5-10(16)13(12)22-15/h4-8H,1-3H3,(H,18,19,21). The quantitative estimate of drug-likeness (QED) is 0.777. The molecule has 0 fully saturated rings. The van der Waals surface area contributed by atoms with Crippen LogP contribution in [0, 0.1) is 6.92 Å². The van der Waals surface area contributed by atoms with Crippen LogP contribution in [0.2, 0.25) is 5.02 Å². The van der Waals surface area contributed by atoms with Gasteiger partial charge in [-0.1, -0.05) is 29.0 Å². The molecule has 0 saturated carbocycles. The number of amides is 1. The smallest absolute Gasteiger partial charge is 0.275 e.